The third-order valence-corrected chi connectivity index (χ3v) is 5.69. The number of anilines is 1. The lowest BCUT2D eigenvalue weighted by Gasteiger charge is -2.21. The molecule has 136 valence electrons. The van der Waals surface area contributed by atoms with E-state index in [0.717, 1.165) is 30.0 Å². The van der Waals surface area contributed by atoms with Crippen molar-refractivity contribution >= 4 is 33.3 Å². The maximum Gasteiger partial charge on any atom is 0.227 e. The molecule has 2 heterocycles. The first kappa shape index (κ1) is 17.2. The van der Waals surface area contributed by atoms with Crippen molar-refractivity contribution in [2.75, 3.05) is 11.9 Å². The monoisotopic (exact) mass is 369 g/mol. The van der Waals surface area contributed by atoms with Gasteiger partial charge in [0, 0.05) is 37.3 Å². The highest BCUT2D eigenvalue weighted by molar-refractivity contribution is 7.15. The average Bonchev–Trinajstić information content (AvgIpc) is 3.21. The molecule has 0 spiro atoms. The Morgan fingerprint density at radius 3 is 3.00 bits per heavy atom. The Morgan fingerprint density at radius 2 is 2.23 bits per heavy atom. The Balaban J connectivity index is 1.34. The number of carbonyl (C=O) groups is 1. The van der Waals surface area contributed by atoms with Crippen LogP contribution >= 0.6 is 11.3 Å². The zero-order valence-corrected chi connectivity index (χ0v) is 15.7. The van der Waals surface area contributed by atoms with Crippen LogP contribution in [0.3, 0.4) is 0 Å². The van der Waals surface area contributed by atoms with Crippen LogP contribution in [-0.4, -0.2) is 38.6 Å². The molecule has 1 aromatic carbocycles. The molecule has 1 aliphatic rings. The predicted molar refractivity (Wildman–Crippen MR) is 104 cm³/mol. The number of nitrogens with one attached hydrogen (secondary N) is 2. The van der Waals surface area contributed by atoms with Gasteiger partial charge in [-0.1, -0.05) is 24.3 Å². The zero-order valence-electron chi connectivity index (χ0n) is 14.9. The van der Waals surface area contributed by atoms with Gasteiger partial charge in [-0.2, -0.15) is 0 Å². The molecule has 3 aromatic rings. The van der Waals surface area contributed by atoms with Gasteiger partial charge in [-0.3, -0.25) is 9.69 Å². The Hall–Kier alpha value is -2.25. The summed E-state index contributed by atoms with van der Waals surface area (Å²) in [4.78, 5) is 17.9. The van der Waals surface area contributed by atoms with Gasteiger partial charge in [0.1, 0.15) is 5.01 Å². The molecule has 1 fully saturated rings. The summed E-state index contributed by atoms with van der Waals surface area (Å²) in [5.41, 5.74) is 2.45. The standard InChI is InChI=1S/C19H23N5OS/c1-2-18-22-23-19(26-18)21-17(25)8-10-24(15-4-5-15)12-13-3-6-16-14(11-13)7-9-20-16/h3,6-7,9,11,15,20H,2,4-5,8,10,12H2,1H3,(H,21,23,25). The van der Waals surface area contributed by atoms with Crippen molar-refractivity contribution in [1.82, 2.24) is 20.1 Å². The molecule has 2 N–H and O–H groups in total. The first-order chi connectivity index (χ1) is 12.7. The van der Waals surface area contributed by atoms with Gasteiger partial charge in [0.15, 0.2) is 0 Å². The van der Waals surface area contributed by atoms with Crippen molar-refractivity contribution in [1.29, 1.82) is 0 Å². The van der Waals surface area contributed by atoms with Gasteiger partial charge >= 0.3 is 0 Å². The van der Waals surface area contributed by atoms with E-state index in [1.165, 1.54) is 35.1 Å². The van der Waals surface area contributed by atoms with Gasteiger partial charge in [-0.05, 0) is 48.4 Å². The molecule has 26 heavy (non-hydrogen) atoms. The number of aromatic amines is 1. The molecule has 0 atom stereocenters. The van der Waals surface area contributed by atoms with E-state index in [9.17, 15) is 4.79 Å². The van der Waals surface area contributed by atoms with Crippen LogP contribution < -0.4 is 5.32 Å². The topological polar surface area (TPSA) is 73.9 Å². The lowest BCUT2D eigenvalue weighted by molar-refractivity contribution is -0.116. The SMILES string of the molecule is CCc1nnc(NC(=O)CCN(Cc2ccc3[nH]ccc3c2)C2CC2)s1. The second-order valence-electron chi connectivity index (χ2n) is 6.75. The summed E-state index contributed by atoms with van der Waals surface area (Å²) in [7, 11) is 0. The third-order valence-electron chi connectivity index (χ3n) is 4.71. The molecule has 0 radical (unpaired) electrons. The van der Waals surface area contributed by atoms with E-state index in [-0.39, 0.29) is 5.91 Å². The molecule has 1 amide bonds. The largest absolute Gasteiger partial charge is 0.361 e. The van der Waals surface area contributed by atoms with Crippen LogP contribution in [0.2, 0.25) is 0 Å². The summed E-state index contributed by atoms with van der Waals surface area (Å²) in [6.07, 6.45) is 5.74. The molecule has 2 aromatic heterocycles. The maximum absolute atomic E-state index is 12.2. The van der Waals surface area contributed by atoms with E-state index in [1.807, 2.05) is 13.1 Å². The summed E-state index contributed by atoms with van der Waals surface area (Å²) in [5, 5.41) is 13.7. The van der Waals surface area contributed by atoms with E-state index in [2.05, 4.69) is 49.7 Å². The van der Waals surface area contributed by atoms with Crippen LogP contribution in [-0.2, 0) is 17.8 Å². The number of aromatic nitrogens is 3. The van der Waals surface area contributed by atoms with Gasteiger partial charge in [0.25, 0.3) is 0 Å². The highest BCUT2D eigenvalue weighted by atomic mass is 32.1. The Bertz CT molecular complexity index is 898. The van der Waals surface area contributed by atoms with E-state index in [0.29, 0.717) is 17.6 Å². The fourth-order valence-electron chi connectivity index (χ4n) is 3.14. The normalized spacial score (nSPS) is 14.2. The Labute approximate surface area is 156 Å². The number of nitrogens with zero attached hydrogens (tertiary/aromatic N) is 3. The fourth-order valence-corrected chi connectivity index (χ4v) is 3.84. The van der Waals surface area contributed by atoms with Crippen LogP contribution in [0.4, 0.5) is 5.13 Å². The molecular weight excluding hydrogens is 346 g/mol. The average molecular weight is 369 g/mol. The predicted octanol–water partition coefficient (Wildman–Crippen LogP) is 3.58. The van der Waals surface area contributed by atoms with E-state index in [4.69, 9.17) is 0 Å². The van der Waals surface area contributed by atoms with Crippen molar-refractivity contribution in [2.24, 2.45) is 0 Å². The zero-order chi connectivity index (χ0) is 17.9. The summed E-state index contributed by atoms with van der Waals surface area (Å²) in [5.74, 6) is 0.00976. The highest BCUT2D eigenvalue weighted by Crippen LogP contribution is 2.29. The molecule has 7 heteroatoms. The smallest absolute Gasteiger partial charge is 0.227 e. The lowest BCUT2D eigenvalue weighted by Crippen LogP contribution is -2.29. The summed E-state index contributed by atoms with van der Waals surface area (Å²) >= 11 is 1.45. The number of hydrogen-bond donors (Lipinski definition) is 2. The minimum Gasteiger partial charge on any atom is -0.361 e. The summed E-state index contributed by atoms with van der Waals surface area (Å²) in [6, 6.07) is 9.23. The Kier molecular flexibility index (Phi) is 4.99. The Morgan fingerprint density at radius 1 is 1.35 bits per heavy atom. The first-order valence-electron chi connectivity index (χ1n) is 9.13. The van der Waals surface area contributed by atoms with Crippen molar-refractivity contribution in [3.8, 4) is 0 Å². The number of rotatable bonds is 8. The van der Waals surface area contributed by atoms with Crippen LogP contribution in [0, 0.1) is 0 Å². The van der Waals surface area contributed by atoms with E-state index < -0.39 is 0 Å². The van der Waals surface area contributed by atoms with Crippen molar-refractivity contribution in [2.45, 2.75) is 45.2 Å². The van der Waals surface area contributed by atoms with Gasteiger partial charge in [-0.25, -0.2) is 0 Å². The van der Waals surface area contributed by atoms with Gasteiger partial charge in [-0.15, -0.1) is 10.2 Å². The van der Waals surface area contributed by atoms with Crippen molar-refractivity contribution < 1.29 is 4.79 Å². The molecule has 0 bridgehead atoms. The quantitative estimate of drug-likeness (QED) is 0.636. The number of fused-ring (bicyclic) bond motifs is 1. The molecule has 0 unspecified atom stereocenters. The molecule has 6 nitrogen and oxygen atoms in total. The van der Waals surface area contributed by atoms with Gasteiger partial charge in [0.05, 0.1) is 0 Å². The number of aryl methyl sites for hydroxylation is 1. The fraction of sp³-hybridized carbons (Fsp3) is 0.421. The van der Waals surface area contributed by atoms with Crippen LogP contribution in [0.1, 0.15) is 36.8 Å². The first-order valence-corrected chi connectivity index (χ1v) is 9.95. The van der Waals surface area contributed by atoms with E-state index >= 15 is 0 Å². The van der Waals surface area contributed by atoms with Gasteiger partial charge in [0.2, 0.25) is 11.0 Å². The molecule has 0 saturated heterocycles. The summed E-state index contributed by atoms with van der Waals surface area (Å²) < 4.78 is 0. The second-order valence-corrected chi connectivity index (χ2v) is 7.82. The minimum atomic E-state index is 0.00976. The van der Waals surface area contributed by atoms with Crippen molar-refractivity contribution in [3.05, 3.63) is 41.0 Å². The highest BCUT2D eigenvalue weighted by Gasteiger charge is 2.29. The number of hydrogen-bond acceptors (Lipinski definition) is 5. The lowest BCUT2D eigenvalue weighted by atomic mass is 10.1. The van der Waals surface area contributed by atoms with E-state index in [1.54, 1.807) is 0 Å². The third kappa shape index (κ3) is 4.11. The second kappa shape index (κ2) is 7.55. The number of amides is 1. The van der Waals surface area contributed by atoms with Crippen LogP contribution in [0.15, 0.2) is 30.5 Å². The maximum atomic E-state index is 12.2. The molecule has 0 aliphatic heterocycles. The van der Waals surface area contributed by atoms with Crippen LogP contribution in [0.25, 0.3) is 10.9 Å². The molecule has 1 saturated carbocycles. The van der Waals surface area contributed by atoms with Crippen molar-refractivity contribution in [3.63, 3.8) is 0 Å². The minimum absolute atomic E-state index is 0.00976. The van der Waals surface area contributed by atoms with Gasteiger partial charge < -0.3 is 10.3 Å². The number of carbonyl (C=O) groups excluding carboxylic acids is 1. The molecule has 4 rings (SSSR count). The number of H-pyrrole nitrogens is 1. The number of benzene rings is 1. The molecule has 1 aliphatic carbocycles. The molecular formula is C19H23N5OS. The van der Waals surface area contributed by atoms with Crippen LogP contribution in [0.5, 0.6) is 0 Å². The summed E-state index contributed by atoms with van der Waals surface area (Å²) in [6.45, 7) is 3.68.